The number of nitrogens with zero attached hydrogens (tertiary/aromatic N) is 2. The van der Waals surface area contributed by atoms with Crippen molar-refractivity contribution in [2.45, 2.75) is 6.54 Å². The van der Waals surface area contributed by atoms with Crippen LogP contribution >= 0.6 is 11.3 Å². The quantitative estimate of drug-likeness (QED) is 0.391. The molecule has 2 heterocycles. The summed E-state index contributed by atoms with van der Waals surface area (Å²) in [5.74, 6) is -0.0954. The summed E-state index contributed by atoms with van der Waals surface area (Å²) in [5.41, 5.74) is 2.51. The molecule has 0 saturated carbocycles. The van der Waals surface area contributed by atoms with Gasteiger partial charge in [-0.25, -0.2) is 4.98 Å². The second-order valence-corrected chi connectivity index (χ2v) is 8.05. The van der Waals surface area contributed by atoms with Crippen molar-refractivity contribution in [1.29, 1.82) is 0 Å². The van der Waals surface area contributed by atoms with E-state index >= 15 is 0 Å². The van der Waals surface area contributed by atoms with Crippen molar-refractivity contribution in [3.63, 3.8) is 0 Å². The Kier molecular flexibility index (Phi) is 6.96. The number of hydrogen-bond donors (Lipinski definition) is 2. The molecule has 2 aromatic heterocycles. The molecule has 0 aliphatic heterocycles. The number of amides is 2. The van der Waals surface area contributed by atoms with Crippen LogP contribution in [0.25, 0.3) is 11.8 Å². The molecule has 0 saturated heterocycles. The maximum atomic E-state index is 12.9. The average molecular weight is 459 g/mol. The highest BCUT2D eigenvalue weighted by molar-refractivity contribution is 7.10. The second-order valence-electron chi connectivity index (χ2n) is 7.08. The summed E-state index contributed by atoms with van der Waals surface area (Å²) in [5, 5.41) is 7.53. The van der Waals surface area contributed by atoms with E-state index < -0.39 is 0 Å². The normalized spacial score (nSPS) is 11.1. The van der Waals surface area contributed by atoms with Crippen molar-refractivity contribution in [3.8, 4) is 11.4 Å². The number of aromatic nitrogens is 2. The Balaban J connectivity index is 1.45. The first-order valence-electron chi connectivity index (χ1n) is 10.2. The van der Waals surface area contributed by atoms with Crippen molar-refractivity contribution < 1.29 is 14.3 Å². The largest absolute Gasteiger partial charge is 0.497 e. The molecule has 0 fully saturated rings. The molecule has 4 aromatic rings. The van der Waals surface area contributed by atoms with Gasteiger partial charge in [-0.3, -0.25) is 9.59 Å². The van der Waals surface area contributed by atoms with Crippen molar-refractivity contribution >= 4 is 29.2 Å². The predicted molar refractivity (Wildman–Crippen MR) is 128 cm³/mol. The van der Waals surface area contributed by atoms with Crippen LogP contribution in [0.1, 0.15) is 20.8 Å². The van der Waals surface area contributed by atoms with Crippen LogP contribution in [0.5, 0.6) is 5.75 Å². The van der Waals surface area contributed by atoms with E-state index in [9.17, 15) is 9.59 Å². The molecular formula is C25H22N4O3S. The fraction of sp³-hybridized carbons (Fsp3) is 0.0800. The van der Waals surface area contributed by atoms with Gasteiger partial charge in [-0.1, -0.05) is 18.2 Å². The highest BCUT2D eigenvalue weighted by Gasteiger charge is 2.15. The van der Waals surface area contributed by atoms with E-state index in [1.807, 2.05) is 52.5 Å². The number of methoxy groups -OCH3 is 1. The lowest BCUT2D eigenvalue weighted by Crippen LogP contribution is -2.34. The predicted octanol–water partition coefficient (Wildman–Crippen LogP) is 4.03. The van der Waals surface area contributed by atoms with Gasteiger partial charge in [0.15, 0.2) is 0 Å². The smallest absolute Gasteiger partial charge is 0.268 e. The number of imidazole rings is 1. The van der Waals surface area contributed by atoms with Crippen molar-refractivity contribution in [2.24, 2.45) is 0 Å². The highest BCUT2D eigenvalue weighted by Crippen LogP contribution is 2.15. The zero-order chi connectivity index (χ0) is 23.0. The van der Waals surface area contributed by atoms with Gasteiger partial charge >= 0.3 is 0 Å². The zero-order valence-electron chi connectivity index (χ0n) is 17.9. The van der Waals surface area contributed by atoms with E-state index in [0.29, 0.717) is 17.9 Å². The van der Waals surface area contributed by atoms with Crippen LogP contribution in [0.3, 0.4) is 0 Å². The minimum Gasteiger partial charge on any atom is -0.497 e. The van der Waals surface area contributed by atoms with Gasteiger partial charge < -0.3 is 19.9 Å². The number of carbonyl (C=O) groups excluding carboxylic acids is 2. The third-order valence-corrected chi connectivity index (χ3v) is 5.69. The minimum atomic E-state index is -0.375. The summed E-state index contributed by atoms with van der Waals surface area (Å²) in [7, 11) is 1.56. The van der Waals surface area contributed by atoms with Gasteiger partial charge in [0.1, 0.15) is 11.4 Å². The Morgan fingerprint density at radius 3 is 2.52 bits per heavy atom. The second kappa shape index (κ2) is 10.4. The monoisotopic (exact) mass is 458 g/mol. The average Bonchev–Trinajstić information content (AvgIpc) is 3.57. The lowest BCUT2D eigenvalue weighted by atomic mass is 10.2. The zero-order valence-corrected chi connectivity index (χ0v) is 18.7. The summed E-state index contributed by atoms with van der Waals surface area (Å²) >= 11 is 1.48. The first-order valence-corrected chi connectivity index (χ1v) is 11.1. The highest BCUT2D eigenvalue weighted by atomic mass is 32.1. The first-order chi connectivity index (χ1) is 16.1. The van der Waals surface area contributed by atoms with Gasteiger partial charge in [0.25, 0.3) is 11.8 Å². The van der Waals surface area contributed by atoms with Crippen LogP contribution < -0.4 is 15.4 Å². The third kappa shape index (κ3) is 5.75. The van der Waals surface area contributed by atoms with E-state index in [0.717, 1.165) is 16.1 Å². The number of benzene rings is 2. The number of thiophene rings is 1. The molecule has 0 unspecified atom stereocenters. The van der Waals surface area contributed by atoms with Gasteiger partial charge in [0.2, 0.25) is 0 Å². The Hall–Kier alpha value is -4.17. The molecule has 4 rings (SSSR count). The number of nitrogens with one attached hydrogen (secondary N) is 2. The summed E-state index contributed by atoms with van der Waals surface area (Å²) in [6.45, 7) is 0.323. The molecule has 0 aliphatic carbocycles. The van der Waals surface area contributed by atoms with Gasteiger partial charge in [-0.2, -0.15) is 0 Å². The molecule has 0 aliphatic rings. The molecule has 0 radical (unpaired) electrons. The van der Waals surface area contributed by atoms with E-state index in [-0.39, 0.29) is 17.5 Å². The molecule has 2 N–H and O–H groups in total. The molecular weight excluding hydrogens is 436 g/mol. The Morgan fingerprint density at radius 2 is 1.88 bits per heavy atom. The Bertz CT molecular complexity index is 1230. The molecule has 33 heavy (non-hydrogen) atoms. The van der Waals surface area contributed by atoms with E-state index in [1.165, 1.54) is 11.3 Å². The standard InChI is InChI=1S/C25H22N4O3S/c1-32-21-10-6-19(7-11-21)24(30)28-23(15-22-3-2-14-33-22)25(31)27-16-18-4-8-20(9-5-18)29-13-12-26-17-29/h2-15,17H,16H2,1H3,(H,27,31)(H,28,30)/b23-15-. The van der Waals surface area contributed by atoms with Crippen LogP contribution in [-0.2, 0) is 11.3 Å². The number of carbonyl (C=O) groups is 2. The molecule has 7 nitrogen and oxygen atoms in total. The topological polar surface area (TPSA) is 85.2 Å². The van der Waals surface area contributed by atoms with Crippen LogP contribution in [0.4, 0.5) is 0 Å². The van der Waals surface area contributed by atoms with Crippen molar-refractivity contribution in [3.05, 3.63) is 106 Å². The maximum Gasteiger partial charge on any atom is 0.268 e. The summed E-state index contributed by atoms with van der Waals surface area (Å²) in [4.78, 5) is 30.6. The molecule has 0 spiro atoms. The molecule has 0 bridgehead atoms. The lowest BCUT2D eigenvalue weighted by molar-refractivity contribution is -0.117. The van der Waals surface area contributed by atoms with Gasteiger partial charge in [-0.15, -0.1) is 11.3 Å². The first kappa shape index (κ1) is 22.0. The molecule has 0 atom stereocenters. The minimum absolute atomic E-state index is 0.174. The fourth-order valence-corrected chi connectivity index (χ4v) is 3.74. The number of ether oxygens (including phenoxy) is 1. The molecule has 166 valence electrons. The number of rotatable bonds is 8. The Morgan fingerprint density at radius 1 is 1.09 bits per heavy atom. The maximum absolute atomic E-state index is 12.9. The fourth-order valence-electron chi connectivity index (χ4n) is 3.09. The van der Waals surface area contributed by atoms with Gasteiger partial charge in [0.05, 0.1) is 13.4 Å². The van der Waals surface area contributed by atoms with Crippen LogP contribution in [-0.4, -0.2) is 28.5 Å². The van der Waals surface area contributed by atoms with Gasteiger partial charge in [-0.05, 0) is 59.5 Å². The van der Waals surface area contributed by atoms with Crippen molar-refractivity contribution in [1.82, 2.24) is 20.2 Å². The van der Waals surface area contributed by atoms with E-state index in [1.54, 1.807) is 50.0 Å². The van der Waals surface area contributed by atoms with E-state index in [2.05, 4.69) is 15.6 Å². The lowest BCUT2D eigenvalue weighted by Gasteiger charge is -2.12. The Labute approximate surface area is 195 Å². The summed E-state index contributed by atoms with van der Waals surface area (Å²) in [6.07, 6.45) is 6.98. The van der Waals surface area contributed by atoms with Gasteiger partial charge in [0, 0.05) is 35.1 Å². The van der Waals surface area contributed by atoms with Crippen molar-refractivity contribution in [2.75, 3.05) is 7.11 Å². The molecule has 8 heteroatoms. The van der Waals surface area contributed by atoms with Crippen LogP contribution in [0.2, 0.25) is 0 Å². The van der Waals surface area contributed by atoms with E-state index in [4.69, 9.17) is 4.74 Å². The van der Waals surface area contributed by atoms with Crippen LogP contribution in [0.15, 0.2) is 90.5 Å². The van der Waals surface area contributed by atoms with Crippen LogP contribution in [0, 0.1) is 0 Å². The summed E-state index contributed by atoms with van der Waals surface area (Å²) < 4.78 is 7.03. The summed E-state index contributed by atoms with van der Waals surface area (Å²) in [6, 6.07) is 18.3. The number of hydrogen-bond acceptors (Lipinski definition) is 5. The molecule has 2 aromatic carbocycles. The molecule has 2 amide bonds. The SMILES string of the molecule is COc1ccc(C(=O)N/C(=C\c2cccs2)C(=O)NCc2ccc(-n3ccnc3)cc2)cc1. The third-order valence-electron chi connectivity index (χ3n) is 4.87.